The Kier molecular flexibility index (Phi) is 7.19. The number of aromatic nitrogens is 2. The average molecular weight is 462 g/mol. The van der Waals surface area contributed by atoms with Gasteiger partial charge in [0, 0.05) is 23.3 Å². The molecule has 0 saturated carbocycles. The molecule has 6 nitrogen and oxygen atoms in total. The number of methoxy groups -OCH3 is 1. The van der Waals surface area contributed by atoms with Crippen LogP contribution in [0.15, 0.2) is 70.6 Å². The largest absolute Gasteiger partial charge is 0.497 e. The number of rotatable bonds is 9. The first-order valence-electron chi connectivity index (χ1n) is 10.9. The summed E-state index contributed by atoms with van der Waals surface area (Å²) in [6.45, 7) is 4.34. The molecule has 0 fully saturated rings. The Morgan fingerprint density at radius 1 is 1.06 bits per heavy atom. The normalized spacial score (nSPS) is 12.0. The van der Waals surface area contributed by atoms with Crippen LogP contribution in [-0.4, -0.2) is 23.2 Å². The van der Waals surface area contributed by atoms with E-state index in [1.165, 1.54) is 5.56 Å². The number of thiophene rings is 1. The smallest absolute Gasteiger partial charge is 0.227 e. The second kappa shape index (κ2) is 10.4. The Morgan fingerprint density at radius 3 is 2.42 bits per heavy atom. The van der Waals surface area contributed by atoms with Gasteiger partial charge in [-0.3, -0.25) is 4.79 Å². The fourth-order valence-corrected chi connectivity index (χ4v) is 4.32. The predicted molar refractivity (Wildman–Crippen MR) is 129 cm³/mol. The number of aryl methyl sites for hydroxylation is 1. The van der Waals surface area contributed by atoms with Gasteiger partial charge in [0.05, 0.1) is 13.2 Å². The van der Waals surface area contributed by atoms with Crippen molar-refractivity contribution in [2.24, 2.45) is 0 Å². The van der Waals surface area contributed by atoms with Crippen LogP contribution in [0.5, 0.6) is 5.75 Å². The third-order valence-corrected chi connectivity index (χ3v) is 6.39. The minimum atomic E-state index is -0.184. The highest BCUT2D eigenvalue weighted by molar-refractivity contribution is 7.10. The Labute approximate surface area is 197 Å². The van der Waals surface area contributed by atoms with E-state index < -0.39 is 0 Å². The number of benzene rings is 2. The van der Waals surface area contributed by atoms with Crippen LogP contribution in [0.4, 0.5) is 0 Å². The molecule has 4 aromatic rings. The zero-order valence-electron chi connectivity index (χ0n) is 18.9. The Hall–Kier alpha value is -3.45. The van der Waals surface area contributed by atoms with Crippen molar-refractivity contribution in [3.63, 3.8) is 0 Å². The fraction of sp³-hybridized carbons (Fsp3) is 0.269. The fourth-order valence-electron chi connectivity index (χ4n) is 3.51. The molecule has 0 bridgehead atoms. The van der Waals surface area contributed by atoms with Gasteiger partial charge in [-0.05, 0) is 52.8 Å². The van der Waals surface area contributed by atoms with Gasteiger partial charge in [-0.25, -0.2) is 0 Å². The highest BCUT2D eigenvalue weighted by atomic mass is 32.1. The molecule has 2 heterocycles. The van der Waals surface area contributed by atoms with Crippen molar-refractivity contribution < 1.29 is 14.1 Å². The number of amides is 1. The molecule has 1 amide bonds. The van der Waals surface area contributed by atoms with Gasteiger partial charge in [-0.1, -0.05) is 49.3 Å². The van der Waals surface area contributed by atoms with Crippen molar-refractivity contribution in [2.75, 3.05) is 7.11 Å². The first-order chi connectivity index (χ1) is 16.0. The van der Waals surface area contributed by atoms with Crippen molar-refractivity contribution >= 4 is 17.2 Å². The van der Waals surface area contributed by atoms with Crippen LogP contribution in [0.2, 0.25) is 0 Å². The highest BCUT2D eigenvalue weighted by Gasteiger charge is 2.19. The lowest BCUT2D eigenvalue weighted by Gasteiger charge is -2.19. The predicted octanol–water partition coefficient (Wildman–Crippen LogP) is 5.77. The van der Waals surface area contributed by atoms with Crippen LogP contribution < -0.4 is 10.1 Å². The maximum atomic E-state index is 12.8. The molecular formula is C26H27N3O3S. The van der Waals surface area contributed by atoms with Crippen LogP contribution in [0.3, 0.4) is 0 Å². The molecule has 0 saturated heterocycles. The zero-order valence-corrected chi connectivity index (χ0v) is 19.8. The molecule has 0 aliphatic carbocycles. The summed E-state index contributed by atoms with van der Waals surface area (Å²) >= 11 is 1.63. The standard InChI is InChI=1S/C26H27N3O3S/c1-17(2)18-6-8-19(9-7-18)25(22-5-4-16-33-22)27-23(30)14-15-24-28-26(29-32-24)20-10-12-21(31-3)13-11-20/h4-13,16-17,25H,14-15H2,1-3H3,(H,27,30). The van der Waals surface area contributed by atoms with E-state index in [0.717, 1.165) is 21.8 Å². The summed E-state index contributed by atoms with van der Waals surface area (Å²) < 4.78 is 10.5. The lowest BCUT2D eigenvalue weighted by Crippen LogP contribution is -2.29. The topological polar surface area (TPSA) is 77.2 Å². The molecule has 170 valence electrons. The minimum absolute atomic E-state index is 0.0643. The van der Waals surface area contributed by atoms with Gasteiger partial charge in [-0.15, -0.1) is 11.3 Å². The van der Waals surface area contributed by atoms with E-state index in [1.807, 2.05) is 41.8 Å². The first-order valence-corrected chi connectivity index (χ1v) is 11.8. The molecule has 4 rings (SSSR count). The number of carbonyl (C=O) groups is 1. The Balaban J connectivity index is 1.40. The quantitative estimate of drug-likeness (QED) is 0.342. The molecule has 1 atom stereocenters. The third kappa shape index (κ3) is 5.68. The van der Waals surface area contributed by atoms with E-state index in [0.29, 0.717) is 24.1 Å². The van der Waals surface area contributed by atoms with Crippen LogP contribution in [0, 0.1) is 0 Å². The summed E-state index contributed by atoms with van der Waals surface area (Å²) in [4.78, 5) is 18.3. The molecule has 1 N–H and O–H groups in total. The van der Waals surface area contributed by atoms with E-state index in [-0.39, 0.29) is 18.4 Å². The van der Waals surface area contributed by atoms with Crippen molar-refractivity contribution in [3.8, 4) is 17.1 Å². The van der Waals surface area contributed by atoms with Crippen molar-refractivity contribution in [1.82, 2.24) is 15.5 Å². The number of ether oxygens (including phenoxy) is 1. The summed E-state index contributed by atoms with van der Waals surface area (Å²) in [7, 11) is 1.62. The van der Waals surface area contributed by atoms with E-state index in [4.69, 9.17) is 9.26 Å². The summed E-state index contributed by atoms with van der Waals surface area (Å²) in [6.07, 6.45) is 0.634. The zero-order chi connectivity index (χ0) is 23.2. The maximum Gasteiger partial charge on any atom is 0.227 e. The lowest BCUT2D eigenvalue weighted by atomic mass is 9.98. The van der Waals surface area contributed by atoms with Crippen LogP contribution >= 0.6 is 11.3 Å². The van der Waals surface area contributed by atoms with Gasteiger partial charge in [0.25, 0.3) is 0 Å². The highest BCUT2D eigenvalue weighted by Crippen LogP contribution is 2.28. The summed E-state index contributed by atoms with van der Waals surface area (Å²) in [5.74, 6) is 2.09. The van der Waals surface area contributed by atoms with Crippen molar-refractivity contribution in [1.29, 1.82) is 0 Å². The van der Waals surface area contributed by atoms with Crippen LogP contribution in [-0.2, 0) is 11.2 Å². The van der Waals surface area contributed by atoms with E-state index in [1.54, 1.807) is 18.4 Å². The van der Waals surface area contributed by atoms with Crippen molar-refractivity contribution in [2.45, 2.75) is 38.6 Å². The molecule has 0 spiro atoms. The third-order valence-electron chi connectivity index (χ3n) is 5.45. The first kappa shape index (κ1) is 22.7. The van der Waals surface area contributed by atoms with Gasteiger partial charge < -0.3 is 14.6 Å². The van der Waals surface area contributed by atoms with Gasteiger partial charge in [0.15, 0.2) is 0 Å². The molecule has 0 radical (unpaired) electrons. The van der Waals surface area contributed by atoms with Gasteiger partial charge in [-0.2, -0.15) is 4.98 Å². The maximum absolute atomic E-state index is 12.8. The summed E-state index contributed by atoms with van der Waals surface area (Å²) in [5.41, 5.74) is 3.17. The van der Waals surface area contributed by atoms with Gasteiger partial charge in [0.2, 0.25) is 17.6 Å². The molecule has 2 aromatic heterocycles. The Bertz CT molecular complexity index is 1170. The molecule has 1 unspecified atom stereocenters. The second-order valence-corrected chi connectivity index (χ2v) is 9.06. The lowest BCUT2D eigenvalue weighted by molar-refractivity contribution is -0.121. The molecule has 2 aromatic carbocycles. The monoisotopic (exact) mass is 461 g/mol. The molecular weight excluding hydrogens is 434 g/mol. The molecule has 7 heteroatoms. The number of carbonyl (C=O) groups excluding carboxylic acids is 1. The van der Waals surface area contributed by atoms with Crippen LogP contribution in [0.1, 0.15) is 54.1 Å². The van der Waals surface area contributed by atoms with E-state index >= 15 is 0 Å². The Morgan fingerprint density at radius 2 is 1.79 bits per heavy atom. The van der Waals surface area contributed by atoms with Gasteiger partial charge >= 0.3 is 0 Å². The van der Waals surface area contributed by atoms with Crippen LogP contribution in [0.25, 0.3) is 11.4 Å². The summed E-state index contributed by atoms with van der Waals surface area (Å²) in [6, 6.07) is 19.7. The van der Waals surface area contributed by atoms with Crippen molar-refractivity contribution in [3.05, 3.63) is 87.9 Å². The second-order valence-electron chi connectivity index (χ2n) is 8.08. The summed E-state index contributed by atoms with van der Waals surface area (Å²) in [5, 5.41) is 9.23. The number of hydrogen-bond donors (Lipinski definition) is 1. The number of nitrogens with zero attached hydrogens (tertiary/aromatic N) is 2. The number of hydrogen-bond acceptors (Lipinski definition) is 6. The SMILES string of the molecule is COc1ccc(-c2noc(CCC(=O)NC(c3ccc(C(C)C)cc3)c3cccs3)n2)cc1. The average Bonchev–Trinajstić information content (AvgIpc) is 3.54. The molecule has 0 aliphatic rings. The minimum Gasteiger partial charge on any atom is -0.497 e. The van der Waals surface area contributed by atoms with Gasteiger partial charge in [0.1, 0.15) is 5.75 Å². The molecule has 33 heavy (non-hydrogen) atoms. The van der Waals surface area contributed by atoms with E-state index in [9.17, 15) is 4.79 Å². The number of nitrogens with one attached hydrogen (secondary N) is 1. The molecule has 0 aliphatic heterocycles. The van der Waals surface area contributed by atoms with E-state index in [2.05, 4.69) is 53.6 Å².